The maximum Gasteiger partial charge on any atom is 0.340 e. The Morgan fingerprint density at radius 1 is 1.15 bits per heavy atom. The van der Waals surface area contributed by atoms with Gasteiger partial charge >= 0.3 is 5.97 Å². The van der Waals surface area contributed by atoms with Crippen LogP contribution in [0.2, 0.25) is 0 Å². The van der Waals surface area contributed by atoms with Gasteiger partial charge in [0.2, 0.25) is 4.96 Å². The number of unbranched alkanes of at least 4 members (excludes halogenated alkanes) is 1. The van der Waals surface area contributed by atoms with Crippen LogP contribution in [0.1, 0.15) is 51.2 Å². The lowest BCUT2D eigenvalue weighted by Gasteiger charge is -2.11. The van der Waals surface area contributed by atoms with E-state index in [0.29, 0.717) is 10.7 Å². The number of amides is 1. The van der Waals surface area contributed by atoms with Gasteiger partial charge in [0, 0.05) is 18.1 Å². The van der Waals surface area contributed by atoms with Gasteiger partial charge in [-0.2, -0.15) is 9.61 Å². The summed E-state index contributed by atoms with van der Waals surface area (Å²) < 4.78 is 19.7. The van der Waals surface area contributed by atoms with Gasteiger partial charge in [-0.1, -0.05) is 36.8 Å². The number of aryl methyl sites for hydroxylation is 1. The van der Waals surface area contributed by atoms with Crippen LogP contribution in [0.3, 0.4) is 0 Å². The Balaban J connectivity index is 1.47. The van der Waals surface area contributed by atoms with E-state index in [0.717, 1.165) is 24.3 Å². The predicted octanol–water partition coefficient (Wildman–Crippen LogP) is 4.24. The summed E-state index contributed by atoms with van der Waals surface area (Å²) in [6.45, 7) is 1.86. The summed E-state index contributed by atoms with van der Waals surface area (Å²) in [4.78, 5) is 42.4. The van der Waals surface area contributed by atoms with Crippen molar-refractivity contribution in [3.63, 3.8) is 0 Å². The Bertz CT molecular complexity index is 1400. The molecule has 4 aromatic rings. The number of halogens is 1. The summed E-state index contributed by atoms with van der Waals surface area (Å²) in [5, 5.41) is 7.76. The number of fused-ring (bicyclic) bond motifs is 1. The molecule has 0 radical (unpaired) electrons. The number of nitrogens with zero attached hydrogens (tertiary/aromatic N) is 3. The first-order chi connectivity index (χ1) is 16.4. The SMILES string of the molecule is CCCCc1nn2c(=O)cc(COC(=O)c3ccccc3NC(=O)c3ccc(F)cc3)nc2s1. The number of para-hydroxylation sites is 1. The van der Waals surface area contributed by atoms with Crippen molar-refractivity contribution in [1.29, 1.82) is 0 Å². The molecule has 0 aliphatic heterocycles. The lowest BCUT2D eigenvalue weighted by Crippen LogP contribution is -2.18. The molecule has 1 N–H and O–H groups in total. The van der Waals surface area contributed by atoms with Gasteiger partial charge in [0.1, 0.15) is 17.4 Å². The number of benzene rings is 2. The Kier molecular flexibility index (Phi) is 7.07. The third-order valence-corrected chi connectivity index (χ3v) is 5.91. The average molecular weight is 481 g/mol. The molecule has 0 aliphatic rings. The molecule has 4 rings (SSSR count). The van der Waals surface area contributed by atoms with Crippen LogP contribution < -0.4 is 10.9 Å². The van der Waals surface area contributed by atoms with E-state index in [2.05, 4.69) is 22.3 Å². The number of rotatable bonds is 8. The lowest BCUT2D eigenvalue weighted by molar-refractivity contribution is 0.0469. The van der Waals surface area contributed by atoms with E-state index >= 15 is 0 Å². The van der Waals surface area contributed by atoms with Crippen LogP contribution in [0.4, 0.5) is 10.1 Å². The zero-order valence-electron chi connectivity index (χ0n) is 18.3. The van der Waals surface area contributed by atoms with E-state index in [1.807, 2.05) is 0 Å². The number of hydrogen-bond donors (Lipinski definition) is 1. The Morgan fingerprint density at radius 3 is 2.68 bits per heavy atom. The van der Waals surface area contributed by atoms with E-state index in [9.17, 15) is 18.8 Å². The van der Waals surface area contributed by atoms with Crippen molar-refractivity contribution in [3.8, 4) is 0 Å². The van der Waals surface area contributed by atoms with Crippen molar-refractivity contribution in [1.82, 2.24) is 14.6 Å². The second-order valence-electron chi connectivity index (χ2n) is 7.46. The molecule has 0 atom stereocenters. The molecule has 174 valence electrons. The molecular formula is C24H21FN4O4S. The Labute approximate surface area is 198 Å². The number of carbonyl (C=O) groups is 2. The molecule has 2 aromatic carbocycles. The predicted molar refractivity (Wildman–Crippen MR) is 126 cm³/mol. The minimum Gasteiger partial charge on any atom is -0.456 e. The summed E-state index contributed by atoms with van der Waals surface area (Å²) in [5.74, 6) is -1.64. The van der Waals surface area contributed by atoms with Crippen molar-refractivity contribution in [2.24, 2.45) is 0 Å². The molecule has 2 heterocycles. The van der Waals surface area contributed by atoms with Crippen molar-refractivity contribution in [2.75, 3.05) is 5.32 Å². The van der Waals surface area contributed by atoms with E-state index in [4.69, 9.17) is 4.74 Å². The van der Waals surface area contributed by atoms with Gasteiger partial charge in [-0.3, -0.25) is 9.59 Å². The fourth-order valence-corrected chi connectivity index (χ4v) is 4.14. The van der Waals surface area contributed by atoms with Crippen LogP contribution in [0.25, 0.3) is 4.96 Å². The fourth-order valence-electron chi connectivity index (χ4n) is 3.18. The maximum atomic E-state index is 13.1. The van der Waals surface area contributed by atoms with Crippen LogP contribution in [-0.2, 0) is 17.8 Å². The van der Waals surface area contributed by atoms with E-state index in [1.54, 1.807) is 18.2 Å². The number of anilines is 1. The first-order valence-electron chi connectivity index (χ1n) is 10.7. The minimum atomic E-state index is -0.690. The van der Waals surface area contributed by atoms with Crippen molar-refractivity contribution < 1.29 is 18.7 Å². The molecule has 0 saturated carbocycles. The third-order valence-electron chi connectivity index (χ3n) is 4.94. The molecule has 2 aromatic heterocycles. The highest BCUT2D eigenvalue weighted by Gasteiger charge is 2.17. The third kappa shape index (κ3) is 5.34. The zero-order chi connectivity index (χ0) is 24.1. The highest BCUT2D eigenvalue weighted by molar-refractivity contribution is 7.16. The molecule has 0 unspecified atom stereocenters. The lowest BCUT2D eigenvalue weighted by atomic mass is 10.1. The second kappa shape index (κ2) is 10.3. The molecule has 10 heteroatoms. The number of esters is 1. The quantitative estimate of drug-likeness (QED) is 0.379. The molecule has 1 amide bonds. The highest BCUT2D eigenvalue weighted by Crippen LogP contribution is 2.19. The van der Waals surface area contributed by atoms with E-state index in [1.165, 1.54) is 52.3 Å². The molecular weight excluding hydrogens is 459 g/mol. The summed E-state index contributed by atoms with van der Waals surface area (Å²) in [7, 11) is 0. The van der Waals surface area contributed by atoms with Gasteiger partial charge in [0.15, 0.2) is 0 Å². The number of hydrogen-bond acceptors (Lipinski definition) is 7. The van der Waals surface area contributed by atoms with Crippen LogP contribution in [0.15, 0.2) is 59.4 Å². The van der Waals surface area contributed by atoms with Gasteiger partial charge < -0.3 is 10.1 Å². The number of carbonyl (C=O) groups excluding carboxylic acids is 2. The minimum absolute atomic E-state index is 0.135. The standard InChI is InChI=1S/C24H21FN4O4S/c1-2-3-8-20-28-29-21(30)13-17(26-24(29)34-20)14-33-23(32)18-6-4-5-7-19(18)27-22(31)15-9-11-16(25)12-10-15/h4-7,9-13H,2-3,8,14H2,1H3,(H,27,31). The Hall–Kier alpha value is -3.92. The molecule has 8 nitrogen and oxygen atoms in total. The molecule has 0 saturated heterocycles. The summed E-state index contributed by atoms with van der Waals surface area (Å²) in [6, 6.07) is 12.7. The average Bonchev–Trinajstić information content (AvgIpc) is 3.25. The van der Waals surface area contributed by atoms with E-state index < -0.39 is 17.7 Å². The van der Waals surface area contributed by atoms with Gasteiger partial charge in [0.25, 0.3) is 11.5 Å². The van der Waals surface area contributed by atoms with Gasteiger partial charge in [0.05, 0.1) is 16.9 Å². The smallest absolute Gasteiger partial charge is 0.340 e. The summed E-state index contributed by atoms with van der Waals surface area (Å²) in [6.07, 6.45) is 2.76. The number of aromatic nitrogens is 3. The van der Waals surface area contributed by atoms with Crippen LogP contribution in [-0.4, -0.2) is 26.5 Å². The molecule has 0 bridgehead atoms. The van der Waals surface area contributed by atoms with Crippen molar-refractivity contribution >= 4 is 33.9 Å². The van der Waals surface area contributed by atoms with Crippen LogP contribution >= 0.6 is 11.3 Å². The maximum absolute atomic E-state index is 13.1. The van der Waals surface area contributed by atoms with Crippen LogP contribution in [0.5, 0.6) is 0 Å². The first kappa shape index (κ1) is 23.2. The van der Waals surface area contributed by atoms with Crippen molar-refractivity contribution in [2.45, 2.75) is 32.8 Å². The van der Waals surface area contributed by atoms with Gasteiger partial charge in [-0.25, -0.2) is 14.2 Å². The summed E-state index contributed by atoms with van der Waals surface area (Å²) in [5.41, 5.74) is 0.577. The monoisotopic (exact) mass is 480 g/mol. The Morgan fingerprint density at radius 2 is 1.91 bits per heavy atom. The second-order valence-corrected chi connectivity index (χ2v) is 8.50. The molecule has 0 spiro atoms. The molecule has 0 aliphatic carbocycles. The molecule has 34 heavy (non-hydrogen) atoms. The first-order valence-corrected chi connectivity index (χ1v) is 11.5. The molecule has 0 fully saturated rings. The number of nitrogens with one attached hydrogen (secondary N) is 1. The van der Waals surface area contributed by atoms with Gasteiger partial charge in [-0.05, 0) is 42.8 Å². The van der Waals surface area contributed by atoms with E-state index in [-0.39, 0.29) is 29.0 Å². The highest BCUT2D eigenvalue weighted by atomic mass is 32.1. The summed E-state index contributed by atoms with van der Waals surface area (Å²) >= 11 is 1.33. The largest absolute Gasteiger partial charge is 0.456 e. The van der Waals surface area contributed by atoms with Gasteiger partial charge in [-0.15, -0.1) is 0 Å². The fraction of sp³-hybridized carbons (Fsp3) is 0.208. The zero-order valence-corrected chi connectivity index (χ0v) is 19.1. The number of ether oxygens (including phenoxy) is 1. The van der Waals surface area contributed by atoms with Crippen LogP contribution in [0, 0.1) is 5.82 Å². The normalized spacial score (nSPS) is 10.9. The topological polar surface area (TPSA) is 103 Å². The van der Waals surface area contributed by atoms with Crippen molar-refractivity contribution in [3.05, 3.63) is 92.6 Å².